The summed E-state index contributed by atoms with van der Waals surface area (Å²) in [4.78, 5) is 0. The average molecular weight is 247 g/mol. The van der Waals surface area contributed by atoms with Crippen LogP contribution in [0.4, 0.5) is 0 Å². The Labute approximate surface area is 109 Å². The number of hydrogen-bond acceptors (Lipinski definition) is 3. The zero-order valence-corrected chi connectivity index (χ0v) is 11.5. The third kappa shape index (κ3) is 3.76. The second-order valence-electron chi connectivity index (χ2n) is 4.28. The van der Waals surface area contributed by atoms with E-state index in [1.807, 2.05) is 19.1 Å². The molecule has 3 nitrogen and oxygen atoms in total. The van der Waals surface area contributed by atoms with Crippen LogP contribution in [-0.2, 0) is 11.3 Å². The van der Waals surface area contributed by atoms with Gasteiger partial charge in [-0.15, -0.1) is 6.42 Å². The predicted octanol–water partition coefficient (Wildman–Crippen LogP) is 2.51. The van der Waals surface area contributed by atoms with Crippen molar-refractivity contribution in [1.82, 2.24) is 5.32 Å². The van der Waals surface area contributed by atoms with Gasteiger partial charge < -0.3 is 9.47 Å². The molecule has 0 aliphatic rings. The zero-order chi connectivity index (χ0) is 13.5. The smallest absolute Gasteiger partial charge is 0.124 e. The molecule has 0 bridgehead atoms. The maximum atomic E-state index is 5.37. The van der Waals surface area contributed by atoms with Gasteiger partial charge in [-0.25, -0.2) is 0 Å². The van der Waals surface area contributed by atoms with E-state index in [1.54, 1.807) is 14.2 Å². The van der Waals surface area contributed by atoms with Crippen molar-refractivity contribution in [2.75, 3.05) is 14.2 Å². The fourth-order valence-electron chi connectivity index (χ4n) is 1.86. The molecule has 1 aromatic rings. The second-order valence-corrected chi connectivity index (χ2v) is 4.28. The molecular weight excluding hydrogens is 226 g/mol. The van der Waals surface area contributed by atoms with Crippen molar-refractivity contribution in [3.63, 3.8) is 0 Å². The van der Waals surface area contributed by atoms with Gasteiger partial charge in [0.05, 0.1) is 19.8 Å². The summed E-state index contributed by atoms with van der Waals surface area (Å²) in [7, 11) is 3.34. The van der Waals surface area contributed by atoms with Crippen LogP contribution in [0.15, 0.2) is 18.2 Å². The minimum absolute atomic E-state index is 0.0491. The minimum atomic E-state index is 0.0491. The van der Waals surface area contributed by atoms with Crippen LogP contribution in [0.2, 0.25) is 0 Å². The van der Waals surface area contributed by atoms with Gasteiger partial charge in [-0.2, -0.15) is 0 Å². The van der Waals surface area contributed by atoms with Gasteiger partial charge in [0, 0.05) is 18.7 Å². The average Bonchev–Trinajstić information content (AvgIpc) is 2.38. The van der Waals surface area contributed by atoms with Crippen molar-refractivity contribution in [1.29, 1.82) is 0 Å². The fourth-order valence-corrected chi connectivity index (χ4v) is 1.86. The van der Waals surface area contributed by atoms with Crippen molar-refractivity contribution in [3.8, 4) is 18.1 Å². The van der Waals surface area contributed by atoms with E-state index in [9.17, 15) is 0 Å². The molecule has 0 aliphatic heterocycles. The molecule has 2 atom stereocenters. The monoisotopic (exact) mass is 247 g/mol. The third-order valence-electron chi connectivity index (χ3n) is 2.85. The maximum Gasteiger partial charge on any atom is 0.124 e. The fraction of sp³-hybridized carbons (Fsp3) is 0.467. The van der Waals surface area contributed by atoms with Crippen molar-refractivity contribution in [2.45, 2.75) is 32.5 Å². The highest BCUT2D eigenvalue weighted by atomic mass is 16.5. The quantitative estimate of drug-likeness (QED) is 0.784. The molecule has 2 unspecified atom stereocenters. The van der Waals surface area contributed by atoms with Crippen LogP contribution in [0, 0.1) is 12.3 Å². The predicted molar refractivity (Wildman–Crippen MR) is 73.6 cm³/mol. The lowest BCUT2D eigenvalue weighted by Gasteiger charge is -2.18. The Kier molecular flexibility index (Phi) is 5.70. The Hall–Kier alpha value is -1.50. The summed E-state index contributed by atoms with van der Waals surface area (Å²) in [5.41, 5.74) is 2.21. The summed E-state index contributed by atoms with van der Waals surface area (Å²) in [6, 6.07) is 6.33. The van der Waals surface area contributed by atoms with Crippen LogP contribution >= 0.6 is 0 Å². The first kappa shape index (κ1) is 14.6. The van der Waals surface area contributed by atoms with E-state index >= 15 is 0 Å². The lowest BCUT2D eigenvalue weighted by molar-refractivity contribution is 0.181. The third-order valence-corrected chi connectivity index (χ3v) is 2.85. The molecule has 0 amide bonds. The van der Waals surface area contributed by atoms with Crippen molar-refractivity contribution in [2.24, 2.45) is 0 Å². The Balaban J connectivity index is 2.90. The molecular formula is C15H21NO2. The first-order valence-corrected chi connectivity index (χ1v) is 6.00. The van der Waals surface area contributed by atoms with Gasteiger partial charge in [0.1, 0.15) is 5.75 Å². The molecule has 0 saturated heterocycles. The highest BCUT2D eigenvalue weighted by molar-refractivity contribution is 5.38. The molecule has 1 rings (SSSR count). The van der Waals surface area contributed by atoms with Crippen LogP contribution in [0.1, 0.15) is 31.0 Å². The van der Waals surface area contributed by atoms with E-state index in [0.717, 1.165) is 11.3 Å². The molecule has 1 aromatic carbocycles. The van der Waals surface area contributed by atoms with Gasteiger partial charge >= 0.3 is 0 Å². The van der Waals surface area contributed by atoms with Gasteiger partial charge in [0.2, 0.25) is 0 Å². The number of hydrogen-bond donors (Lipinski definition) is 1. The molecule has 3 heteroatoms. The van der Waals surface area contributed by atoms with Gasteiger partial charge in [0.25, 0.3) is 0 Å². The molecule has 98 valence electrons. The van der Waals surface area contributed by atoms with Crippen LogP contribution < -0.4 is 10.1 Å². The van der Waals surface area contributed by atoms with Gasteiger partial charge in [-0.3, -0.25) is 5.32 Å². The topological polar surface area (TPSA) is 30.5 Å². The summed E-state index contributed by atoms with van der Waals surface area (Å²) < 4.78 is 10.5. The summed E-state index contributed by atoms with van der Waals surface area (Å²) in [5, 5.41) is 3.33. The molecule has 18 heavy (non-hydrogen) atoms. The van der Waals surface area contributed by atoms with E-state index in [4.69, 9.17) is 15.9 Å². The molecule has 0 aromatic heterocycles. The lowest BCUT2D eigenvalue weighted by atomic mass is 10.0. The Morgan fingerprint density at radius 3 is 2.61 bits per heavy atom. The second kappa shape index (κ2) is 7.05. The standard InChI is InChI=1S/C15H21NO2/c1-6-11(2)16-12(3)13-7-8-15(18-5)14(9-13)10-17-4/h1,7-9,11-12,16H,10H2,2-5H3. The summed E-state index contributed by atoms with van der Waals surface area (Å²) in [6.07, 6.45) is 5.37. The summed E-state index contributed by atoms with van der Waals surface area (Å²) in [6.45, 7) is 4.59. The normalized spacial score (nSPS) is 13.7. The first-order valence-electron chi connectivity index (χ1n) is 6.00. The SMILES string of the molecule is C#CC(C)NC(C)c1ccc(OC)c(COC)c1. The number of nitrogens with one attached hydrogen (secondary N) is 1. The van der Waals surface area contributed by atoms with Crippen molar-refractivity contribution in [3.05, 3.63) is 29.3 Å². The van der Waals surface area contributed by atoms with Crippen LogP contribution in [-0.4, -0.2) is 20.3 Å². The Morgan fingerprint density at radius 2 is 2.06 bits per heavy atom. The van der Waals surface area contributed by atoms with E-state index in [2.05, 4.69) is 24.2 Å². The van der Waals surface area contributed by atoms with E-state index in [0.29, 0.717) is 6.61 Å². The Morgan fingerprint density at radius 1 is 1.33 bits per heavy atom. The lowest BCUT2D eigenvalue weighted by Crippen LogP contribution is -2.27. The van der Waals surface area contributed by atoms with E-state index in [-0.39, 0.29) is 12.1 Å². The first-order chi connectivity index (χ1) is 8.62. The van der Waals surface area contributed by atoms with E-state index < -0.39 is 0 Å². The number of ether oxygens (including phenoxy) is 2. The number of methoxy groups -OCH3 is 2. The van der Waals surface area contributed by atoms with Crippen LogP contribution in [0.25, 0.3) is 0 Å². The van der Waals surface area contributed by atoms with Gasteiger partial charge in [0.15, 0.2) is 0 Å². The highest BCUT2D eigenvalue weighted by Gasteiger charge is 2.11. The van der Waals surface area contributed by atoms with Crippen molar-refractivity contribution < 1.29 is 9.47 Å². The number of benzene rings is 1. The highest BCUT2D eigenvalue weighted by Crippen LogP contribution is 2.24. The largest absolute Gasteiger partial charge is 0.496 e. The Bertz CT molecular complexity index is 423. The van der Waals surface area contributed by atoms with Crippen LogP contribution in [0.5, 0.6) is 5.75 Å². The van der Waals surface area contributed by atoms with Gasteiger partial charge in [-0.1, -0.05) is 12.0 Å². The zero-order valence-electron chi connectivity index (χ0n) is 11.5. The maximum absolute atomic E-state index is 5.37. The summed E-state index contributed by atoms with van der Waals surface area (Å²) in [5.74, 6) is 3.51. The molecule has 0 radical (unpaired) electrons. The number of terminal acetylenes is 1. The molecule has 0 fully saturated rings. The number of rotatable bonds is 6. The molecule has 0 saturated carbocycles. The molecule has 1 N–H and O–H groups in total. The molecule has 0 spiro atoms. The van der Waals surface area contributed by atoms with Gasteiger partial charge in [-0.05, 0) is 31.5 Å². The van der Waals surface area contributed by atoms with E-state index in [1.165, 1.54) is 5.56 Å². The van der Waals surface area contributed by atoms with Crippen molar-refractivity contribution >= 4 is 0 Å². The minimum Gasteiger partial charge on any atom is -0.496 e. The summed E-state index contributed by atoms with van der Waals surface area (Å²) >= 11 is 0. The van der Waals surface area contributed by atoms with Crippen LogP contribution in [0.3, 0.4) is 0 Å². The molecule has 0 heterocycles. The molecule has 0 aliphatic carbocycles.